The lowest BCUT2D eigenvalue weighted by Crippen LogP contribution is -2.34. The third kappa shape index (κ3) is 3.26. The van der Waals surface area contributed by atoms with Gasteiger partial charge in [-0.15, -0.1) is 0 Å². The van der Waals surface area contributed by atoms with Crippen molar-refractivity contribution < 1.29 is 26.7 Å². The highest BCUT2D eigenvalue weighted by Crippen LogP contribution is 2.25. The molecule has 96 valence electrons. The Labute approximate surface area is 93.4 Å². The molecule has 0 bridgehead atoms. The number of halogens is 5. The Kier molecular flexibility index (Phi) is 4.22. The van der Waals surface area contributed by atoms with Crippen molar-refractivity contribution >= 4 is 0 Å². The Morgan fingerprint density at radius 2 is 2.06 bits per heavy atom. The van der Waals surface area contributed by atoms with Gasteiger partial charge in [-0.3, -0.25) is 0 Å². The number of nitrogens with two attached hydrogens (primary N) is 1. The van der Waals surface area contributed by atoms with Crippen molar-refractivity contribution in [3.63, 3.8) is 0 Å². The normalized spacial score (nSPS) is 11.9. The minimum atomic E-state index is -4.35. The van der Waals surface area contributed by atoms with E-state index in [1.807, 2.05) is 0 Å². The van der Waals surface area contributed by atoms with Crippen LogP contribution in [0.5, 0.6) is 5.88 Å². The maximum Gasteiger partial charge on any atom is 0.340 e. The first-order valence-electron chi connectivity index (χ1n) is 4.50. The molecule has 0 radical (unpaired) electrons. The molecule has 1 aromatic rings. The first-order chi connectivity index (χ1) is 7.88. The van der Waals surface area contributed by atoms with Crippen LogP contribution in [0, 0.1) is 5.82 Å². The zero-order valence-electron chi connectivity index (χ0n) is 8.47. The molecule has 0 spiro atoms. The number of hydrogen-bond acceptors (Lipinski definition) is 3. The van der Waals surface area contributed by atoms with Crippen LogP contribution >= 0.6 is 0 Å². The summed E-state index contributed by atoms with van der Waals surface area (Å²) >= 11 is 0. The fourth-order valence-corrected chi connectivity index (χ4v) is 0.948. The van der Waals surface area contributed by atoms with Gasteiger partial charge in [0.05, 0.1) is 0 Å². The molecule has 0 amide bonds. The molecule has 0 unspecified atom stereocenters. The van der Waals surface area contributed by atoms with Crippen LogP contribution in [0.25, 0.3) is 0 Å². The molecule has 3 nitrogen and oxygen atoms in total. The molecular formula is C9H9F5N2O. The van der Waals surface area contributed by atoms with E-state index >= 15 is 0 Å². The zero-order chi connectivity index (χ0) is 13.1. The number of pyridine rings is 1. The molecule has 0 atom stereocenters. The average molecular weight is 256 g/mol. The second-order valence-electron chi connectivity index (χ2n) is 3.14. The number of hydrogen-bond donors (Lipinski definition) is 1. The fourth-order valence-electron chi connectivity index (χ4n) is 0.948. The Bertz CT molecular complexity index is 386. The standard InChI is InChI=1S/C9H9F5N2O/c10-6-5(3-15)1-2-16-7(6)17-4-9(13,14)8(11)12/h1-2,8H,3-4,15H2. The summed E-state index contributed by atoms with van der Waals surface area (Å²) in [5.41, 5.74) is 5.15. The molecule has 0 saturated carbocycles. The predicted octanol–water partition coefficient (Wildman–Crippen LogP) is 1.96. The van der Waals surface area contributed by atoms with E-state index in [1.165, 1.54) is 6.07 Å². The lowest BCUT2D eigenvalue weighted by molar-refractivity contribution is -0.149. The molecule has 1 aromatic heterocycles. The summed E-state index contributed by atoms with van der Waals surface area (Å²) in [6.07, 6.45) is -2.80. The topological polar surface area (TPSA) is 48.1 Å². The highest BCUT2D eigenvalue weighted by atomic mass is 19.3. The Balaban J connectivity index is 2.76. The van der Waals surface area contributed by atoms with Crippen molar-refractivity contribution in [2.45, 2.75) is 18.9 Å². The van der Waals surface area contributed by atoms with E-state index < -0.39 is 30.7 Å². The first-order valence-corrected chi connectivity index (χ1v) is 4.50. The lowest BCUT2D eigenvalue weighted by atomic mass is 10.2. The van der Waals surface area contributed by atoms with Crippen LogP contribution in [0.1, 0.15) is 5.56 Å². The van der Waals surface area contributed by atoms with Crippen molar-refractivity contribution in [1.29, 1.82) is 0 Å². The van der Waals surface area contributed by atoms with Gasteiger partial charge in [0.25, 0.3) is 5.88 Å². The van der Waals surface area contributed by atoms with Crippen LogP contribution in [-0.2, 0) is 6.54 Å². The van der Waals surface area contributed by atoms with E-state index in [4.69, 9.17) is 5.73 Å². The van der Waals surface area contributed by atoms with Gasteiger partial charge in [0, 0.05) is 18.3 Å². The molecule has 0 aromatic carbocycles. The predicted molar refractivity (Wildman–Crippen MR) is 48.5 cm³/mol. The highest BCUT2D eigenvalue weighted by Gasteiger charge is 2.42. The van der Waals surface area contributed by atoms with Crippen LogP contribution in [0.15, 0.2) is 12.3 Å². The smallest absolute Gasteiger partial charge is 0.340 e. The van der Waals surface area contributed by atoms with Gasteiger partial charge in [0.2, 0.25) is 0 Å². The SMILES string of the molecule is NCc1ccnc(OCC(F)(F)C(F)F)c1F. The largest absolute Gasteiger partial charge is 0.469 e. The second-order valence-corrected chi connectivity index (χ2v) is 3.14. The average Bonchev–Trinajstić information content (AvgIpc) is 2.27. The molecule has 2 N–H and O–H groups in total. The molecule has 17 heavy (non-hydrogen) atoms. The number of aromatic nitrogens is 1. The lowest BCUT2D eigenvalue weighted by Gasteiger charge is -2.16. The molecular weight excluding hydrogens is 247 g/mol. The van der Waals surface area contributed by atoms with Gasteiger partial charge in [0.15, 0.2) is 12.4 Å². The molecule has 1 rings (SSSR count). The summed E-state index contributed by atoms with van der Waals surface area (Å²) in [4.78, 5) is 3.32. The summed E-state index contributed by atoms with van der Waals surface area (Å²) in [7, 11) is 0. The van der Waals surface area contributed by atoms with Crippen LogP contribution in [0.2, 0.25) is 0 Å². The van der Waals surface area contributed by atoms with E-state index in [1.54, 1.807) is 0 Å². The Morgan fingerprint density at radius 1 is 1.41 bits per heavy atom. The van der Waals surface area contributed by atoms with Gasteiger partial charge in [-0.25, -0.2) is 18.2 Å². The Morgan fingerprint density at radius 3 is 2.59 bits per heavy atom. The van der Waals surface area contributed by atoms with E-state index in [9.17, 15) is 22.0 Å². The van der Waals surface area contributed by atoms with Crippen LogP contribution in [0.3, 0.4) is 0 Å². The third-order valence-corrected chi connectivity index (χ3v) is 1.88. The number of nitrogens with zero attached hydrogens (tertiary/aromatic N) is 1. The van der Waals surface area contributed by atoms with Crippen molar-refractivity contribution in [2.24, 2.45) is 5.73 Å². The van der Waals surface area contributed by atoms with Crippen LogP contribution < -0.4 is 10.5 Å². The minimum Gasteiger partial charge on any atom is -0.469 e. The number of rotatable bonds is 5. The van der Waals surface area contributed by atoms with Crippen molar-refractivity contribution in [3.05, 3.63) is 23.6 Å². The summed E-state index contributed by atoms with van der Waals surface area (Å²) in [5.74, 6) is -6.15. The van der Waals surface area contributed by atoms with Gasteiger partial charge in [-0.2, -0.15) is 8.78 Å². The fraction of sp³-hybridized carbons (Fsp3) is 0.444. The summed E-state index contributed by atoms with van der Waals surface area (Å²) in [6, 6.07) is 1.23. The van der Waals surface area contributed by atoms with Gasteiger partial charge in [0.1, 0.15) is 0 Å². The number of alkyl halides is 4. The van der Waals surface area contributed by atoms with Crippen LogP contribution in [0.4, 0.5) is 22.0 Å². The van der Waals surface area contributed by atoms with Gasteiger partial charge < -0.3 is 10.5 Å². The molecule has 0 saturated heterocycles. The van der Waals surface area contributed by atoms with E-state index in [0.717, 1.165) is 6.20 Å². The van der Waals surface area contributed by atoms with Gasteiger partial charge in [-0.05, 0) is 6.07 Å². The summed E-state index contributed by atoms with van der Waals surface area (Å²) in [6.45, 7) is -1.83. The van der Waals surface area contributed by atoms with Crippen LogP contribution in [-0.4, -0.2) is 23.9 Å². The summed E-state index contributed by atoms with van der Waals surface area (Å²) < 4.78 is 66.2. The summed E-state index contributed by atoms with van der Waals surface area (Å²) in [5, 5.41) is 0. The van der Waals surface area contributed by atoms with E-state index in [-0.39, 0.29) is 12.1 Å². The molecule has 0 fully saturated rings. The maximum absolute atomic E-state index is 13.3. The van der Waals surface area contributed by atoms with E-state index in [0.29, 0.717) is 0 Å². The van der Waals surface area contributed by atoms with Gasteiger partial charge in [-0.1, -0.05) is 0 Å². The Hall–Kier alpha value is -1.44. The second kappa shape index (κ2) is 5.26. The zero-order valence-corrected chi connectivity index (χ0v) is 8.47. The molecule has 0 aliphatic rings. The minimum absolute atomic E-state index is 0.00429. The van der Waals surface area contributed by atoms with Crippen molar-refractivity contribution in [1.82, 2.24) is 4.98 Å². The molecule has 0 aliphatic carbocycles. The quantitative estimate of drug-likeness (QED) is 0.819. The molecule has 1 heterocycles. The first kappa shape index (κ1) is 13.6. The maximum atomic E-state index is 13.3. The number of ether oxygens (including phenoxy) is 1. The monoisotopic (exact) mass is 256 g/mol. The van der Waals surface area contributed by atoms with E-state index in [2.05, 4.69) is 9.72 Å². The third-order valence-electron chi connectivity index (χ3n) is 1.88. The molecule has 8 heteroatoms. The van der Waals surface area contributed by atoms with Crippen molar-refractivity contribution in [3.8, 4) is 5.88 Å². The van der Waals surface area contributed by atoms with Crippen molar-refractivity contribution in [2.75, 3.05) is 6.61 Å². The molecule has 0 aliphatic heterocycles. The highest BCUT2D eigenvalue weighted by molar-refractivity contribution is 5.23. The van der Waals surface area contributed by atoms with Gasteiger partial charge >= 0.3 is 12.3 Å².